The third-order valence-electron chi connectivity index (χ3n) is 4.26. The average molecular weight is 398 g/mol. The summed E-state index contributed by atoms with van der Waals surface area (Å²) in [5, 5.41) is 0. The van der Waals surface area contributed by atoms with Crippen molar-refractivity contribution in [1.82, 2.24) is 4.31 Å². The maximum Gasteiger partial charge on any atom is 0.261 e. The van der Waals surface area contributed by atoms with Gasteiger partial charge in [-0.1, -0.05) is 6.07 Å². The average Bonchev–Trinajstić information content (AvgIpc) is 3.13. The lowest BCUT2D eigenvalue weighted by Crippen LogP contribution is -2.27. The number of nitrogens with zero attached hydrogens (tertiary/aromatic N) is 1. The van der Waals surface area contributed by atoms with Crippen LogP contribution < -0.4 is 4.72 Å². The van der Waals surface area contributed by atoms with Gasteiger partial charge in [0.1, 0.15) is 5.82 Å². The lowest BCUT2D eigenvalue weighted by atomic mass is 10.2. The zero-order chi connectivity index (χ0) is 18.9. The summed E-state index contributed by atoms with van der Waals surface area (Å²) >= 11 is 0. The van der Waals surface area contributed by atoms with Gasteiger partial charge in [-0.3, -0.25) is 4.72 Å². The predicted octanol–water partition coefficient (Wildman–Crippen LogP) is 2.72. The Hall–Kier alpha value is -1.97. The van der Waals surface area contributed by atoms with Gasteiger partial charge in [-0.25, -0.2) is 21.2 Å². The second kappa shape index (κ2) is 6.98. The third kappa shape index (κ3) is 3.74. The summed E-state index contributed by atoms with van der Waals surface area (Å²) in [6, 6.07) is 9.04. The smallest absolute Gasteiger partial charge is 0.261 e. The minimum absolute atomic E-state index is 0.0553. The topological polar surface area (TPSA) is 83.5 Å². The standard InChI is InChI=1S/C17H19FN2O4S2/c1-13-4-5-14(12-17(13)18)19-25(21,22)15-6-8-16(9-7-15)26(23,24)20-10-2-3-11-20/h4-9,12,19H,2-3,10-11H2,1H3. The van der Waals surface area contributed by atoms with E-state index in [0.29, 0.717) is 18.7 Å². The summed E-state index contributed by atoms with van der Waals surface area (Å²) in [5.41, 5.74) is 0.506. The normalized spacial score (nSPS) is 15.9. The van der Waals surface area contributed by atoms with Gasteiger partial charge < -0.3 is 0 Å². The Morgan fingerprint density at radius 3 is 2.08 bits per heavy atom. The van der Waals surface area contributed by atoms with Crippen molar-refractivity contribution in [3.63, 3.8) is 0 Å². The van der Waals surface area contributed by atoms with Crippen LogP contribution in [0.1, 0.15) is 18.4 Å². The van der Waals surface area contributed by atoms with Crippen LogP contribution in [0.2, 0.25) is 0 Å². The first kappa shape index (κ1) is 18.8. The Morgan fingerprint density at radius 1 is 0.923 bits per heavy atom. The second-order valence-corrected chi connectivity index (χ2v) is 9.77. The van der Waals surface area contributed by atoms with Gasteiger partial charge in [0, 0.05) is 13.1 Å². The summed E-state index contributed by atoms with van der Waals surface area (Å²) in [6.07, 6.45) is 1.64. The molecule has 2 aromatic rings. The van der Waals surface area contributed by atoms with Crippen molar-refractivity contribution in [3.8, 4) is 0 Å². The van der Waals surface area contributed by atoms with E-state index in [9.17, 15) is 21.2 Å². The molecule has 0 aromatic heterocycles. The third-order valence-corrected chi connectivity index (χ3v) is 7.57. The van der Waals surface area contributed by atoms with E-state index < -0.39 is 25.9 Å². The van der Waals surface area contributed by atoms with E-state index in [-0.39, 0.29) is 15.5 Å². The lowest BCUT2D eigenvalue weighted by Gasteiger charge is -2.15. The molecule has 2 aromatic carbocycles. The van der Waals surface area contributed by atoms with E-state index in [1.54, 1.807) is 6.92 Å². The lowest BCUT2D eigenvalue weighted by molar-refractivity contribution is 0.477. The number of nitrogens with one attached hydrogen (secondary N) is 1. The number of sulfonamides is 2. The number of aryl methyl sites for hydroxylation is 1. The molecule has 0 unspecified atom stereocenters. The molecule has 140 valence electrons. The summed E-state index contributed by atoms with van der Waals surface area (Å²) < 4.78 is 67.1. The summed E-state index contributed by atoms with van der Waals surface area (Å²) in [7, 11) is -7.55. The van der Waals surface area contributed by atoms with E-state index in [4.69, 9.17) is 0 Å². The molecule has 0 amide bonds. The molecule has 0 radical (unpaired) electrons. The molecule has 1 saturated heterocycles. The maximum atomic E-state index is 13.6. The minimum Gasteiger partial charge on any atom is -0.280 e. The van der Waals surface area contributed by atoms with Gasteiger partial charge in [-0.2, -0.15) is 4.31 Å². The van der Waals surface area contributed by atoms with Gasteiger partial charge in [-0.05, 0) is 61.7 Å². The van der Waals surface area contributed by atoms with Crippen molar-refractivity contribution in [3.05, 3.63) is 53.8 Å². The first-order valence-corrected chi connectivity index (χ1v) is 11.0. The molecule has 6 nitrogen and oxygen atoms in total. The first-order chi connectivity index (χ1) is 12.2. The molecule has 3 rings (SSSR count). The molecule has 0 bridgehead atoms. The number of halogens is 1. The van der Waals surface area contributed by atoms with Crippen molar-refractivity contribution < 1.29 is 21.2 Å². The molecular weight excluding hydrogens is 379 g/mol. The summed E-state index contributed by atoms with van der Waals surface area (Å²) in [6.45, 7) is 2.53. The fraction of sp³-hybridized carbons (Fsp3) is 0.294. The van der Waals surface area contributed by atoms with E-state index >= 15 is 0 Å². The quantitative estimate of drug-likeness (QED) is 0.839. The molecule has 0 spiro atoms. The van der Waals surface area contributed by atoms with Crippen LogP contribution in [0.3, 0.4) is 0 Å². The molecule has 1 heterocycles. The Kier molecular flexibility index (Phi) is 5.05. The largest absolute Gasteiger partial charge is 0.280 e. The molecule has 0 aliphatic carbocycles. The number of hydrogen-bond donors (Lipinski definition) is 1. The SMILES string of the molecule is Cc1ccc(NS(=O)(=O)c2ccc(S(=O)(=O)N3CCCC3)cc2)cc1F. The molecule has 1 N–H and O–H groups in total. The van der Waals surface area contributed by atoms with Crippen molar-refractivity contribution in [2.45, 2.75) is 29.6 Å². The molecule has 0 atom stereocenters. The predicted molar refractivity (Wildman–Crippen MR) is 96.4 cm³/mol. The molecular formula is C17H19FN2O4S2. The number of benzene rings is 2. The second-order valence-electron chi connectivity index (χ2n) is 6.15. The first-order valence-electron chi connectivity index (χ1n) is 8.09. The highest BCUT2D eigenvalue weighted by atomic mass is 32.2. The molecule has 0 saturated carbocycles. The Morgan fingerprint density at radius 2 is 1.50 bits per heavy atom. The van der Waals surface area contributed by atoms with Crippen LogP contribution in [0.15, 0.2) is 52.3 Å². The fourth-order valence-corrected chi connectivity index (χ4v) is 5.31. The van der Waals surface area contributed by atoms with Crippen LogP contribution in [0.25, 0.3) is 0 Å². The van der Waals surface area contributed by atoms with Crippen LogP contribution in [-0.4, -0.2) is 34.2 Å². The van der Waals surface area contributed by atoms with E-state index in [2.05, 4.69) is 4.72 Å². The van der Waals surface area contributed by atoms with Gasteiger partial charge in [0.05, 0.1) is 15.5 Å². The van der Waals surface area contributed by atoms with Gasteiger partial charge in [0.15, 0.2) is 0 Å². The van der Waals surface area contributed by atoms with Crippen molar-refractivity contribution in [2.24, 2.45) is 0 Å². The monoisotopic (exact) mass is 398 g/mol. The number of rotatable bonds is 5. The molecule has 9 heteroatoms. The van der Waals surface area contributed by atoms with Crippen LogP contribution in [0.5, 0.6) is 0 Å². The Bertz CT molecular complexity index is 1010. The highest BCUT2D eigenvalue weighted by Gasteiger charge is 2.27. The van der Waals surface area contributed by atoms with Crippen molar-refractivity contribution >= 4 is 25.7 Å². The zero-order valence-corrected chi connectivity index (χ0v) is 15.8. The van der Waals surface area contributed by atoms with Gasteiger partial charge in [-0.15, -0.1) is 0 Å². The molecule has 1 aliphatic rings. The van der Waals surface area contributed by atoms with E-state index in [1.807, 2.05) is 0 Å². The Balaban J connectivity index is 1.83. The van der Waals surface area contributed by atoms with Crippen LogP contribution >= 0.6 is 0 Å². The minimum atomic E-state index is -3.95. The molecule has 1 fully saturated rings. The maximum absolute atomic E-state index is 13.6. The van der Waals surface area contributed by atoms with Crippen LogP contribution in [0, 0.1) is 12.7 Å². The summed E-state index contributed by atoms with van der Waals surface area (Å²) in [4.78, 5) is -0.0430. The van der Waals surface area contributed by atoms with Crippen molar-refractivity contribution in [2.75, 3.05) is 17.8 Å². The zero-order valence-electron chi connectivity index (χ0n) is 14.1. The van der Waals surface area contributed by atoms with E-state index in [1.165, 1.54) is 40.7 Å². The molecule has 1 aliphatic heterocycles. The van der Waals surface area contributed by atoms with Gasteiger partial charge in [0.2, 0.25) is 10.0 Å². The number of anilines is 1. The number of hydrogen-bond acceptors (Lipinski definition) is 4. The van der Waals surface area contributed by atoms with Crippen LogP contribution in [-0.2, 0) is 20.0 Å². The molecule has 26 heavy (non-hydrogen) atoms. The van der Waals surface area contributed by atoms with Gasteiger partial charge >= 0.3 is 0 Å². The van der Waals surface area contributed by atoms with Crippen molar-refractivity contribution in [1.29, 1.82) is 0 Å². The fourth-order valence-electron chi connectivity index (χ4n) is 2.74. The highest BCUT2D eigenvalue weighted by Crippen LogP contribution is 2.23. The Labute approximate surface area is 152 Å². The van der Waals surface area contributed by atoms with Crippen LogP contribution in [0.4, 0.5) is 10.1 Å². The van der Waals surface area contributed by atoms with Gasteiger partial charge in [0.25, 0.3) is 10.0 Å². The highest BCUT2D eigenvalue weighted by molar-refractivity contribution is 7.92. The summed E-state index contributed by atoms with van der Waals surface area (Å²) in [5.74, 6) is -0.516. The van der Waals surface area contributed by atoms with E-state index in [0.717, 1.165) is 18.9 Å².